The lowest BCUT2D eigenvalue weighted by atomic mass is 10.2. The molecule has 10 heteroatoms. The van der Waals surface area contributed by atoms with Crippen molar-refractivity contribution in [2.24, 2.45) is 0 Å². The van der Waals surface area contributed by atoms with E-state index >= 15 is 0 Å². The molecule has 0 radical (unpaired) electrons. The molecule has 0 atom stereocenters. The number of likely N-dealkylation sites (N-methyl/N-ethyl adjacent to an activating group) is 1. The molecule has 0 heterocycles. The van der Waals surface area contributed by atoms with Crippen LogP contribution in [0.4, 0.5) is 18.9 Å². The third kappa shape index (κ3) is 7.90. The lowest BCUT2D eigenvalue weighted by Gasteiger charge is -2.18. The molecule has 2 rings (SSSR count). The fourth-order valence-corrected chi connectivity index (χ4v) is 3.38. The van der Waals surface area contributed by atoms with E-state index in [1.54, 1.807) is 18.2 Å². The Balaban J connectivity index is 1.87. The molecule has 0 spiro atoms. The van der Waals surface area contributed by atoms with Crippen molar-refractivity contribution >= 4 is 39.1 Å². The topological polar surface area (TPSA) is 50.8 Å². The van der Waals surface area contributed by atoms with Crippen LogP contribution in [0.25, 0.3) is 0 Å². The summed E-state index contributed by atoms with van der Waals surface area (Å²) in [6, 6.07) is 7.79. The van der Waals surface area contributed by atoms with Gasteiger partial charge in [0.1, 0.15) is 18.1 Å². The van der Waals surface area contributed by atoms with Gasteiger partial charge in [0.25, 0.3) is 5.91 Å². The number of hydrogen-bond donors (Lipinski definition) is 1. The van der Waals surface area contributed by atoms with Crippen molar-refractivity contribution in [3.05, 3.63) is 51.5 Å². The molecule has 5 nitrogen and oxygen atoms in total. The van der Waals surface area contributed by atoms with E-state index in [1.807, 2.05) is 0 Å². The summed E-state index contributed by atoms with van der Waals surface area (Å²) < 4.78 is 49.2. The van der Waals surface area contributed by atoms with Gasteiger partial charge < -0.3 is 19.7 Å². The van der Waals surface area contributed by atoms with Crippen LogP contribution in [0.5, 0.6) is 11.5 Å². The van der Waals surface area contributed by atoms with E-state index < -0.39 is 17.6 Å². The van der Waals surface area contributed by atoms with Crippen LogP contribution >= 0.6 is 27.5 Å². The Morgan fingerprint density at radius 2 is 1.77 bits per heavy atom. The number of hydrogen-bond acceptors (Lipinski definition) is 4. The molecule has 0 aromatic heterocycles. The molecule has 1 N–H and O–H groups in total. The maximum atomic E-state index is 12.7. The molecule has 2 aromatic rings. The van der Waals surface area contributed by atoms with Gasteiger partial charge in [-0.05, 0) is 65.4 Å². The van der Waals surface area contributed by atoms with Crippen molar-refractivity contribution in [3.8, 4) is 11.5 Å². The molecule has 0 saturated heterocycles. The number of nitrogens with zero attached hydrogens (tertiary/aromatic N) is 1. The largest absolute Gasteiger partial charge is 0.491 e. The first-order valence-electron chi connectivity index (χ1n) is 9.58. The van der Waals surface area contributed by atoms with Gasteiger partial charge in [0.05, 0.1) is 15.1 Å². The number of carbonyl (C=O) groups is 1. The summed E-state index contributed by atoms with van der Waals surface area (Å²) >= 11 is 9.24. The monoisotopic (exact) mass is 522 g/mol. The normalized spacial score (nSPS) is 11.5. The van der Waals surface area contributed by atoms with Crippen molar-refractivity contribution in [1.29, 1.82) is 0 Å². The van der Waals surface area contributed by atoms with Gasteiger partial charge in [-0.2, -0.15) is 13.2 Å². The van der Waals surface area contributed by atoms with Crippen LogP contribution < -0.4 is 14.8 Å². The molecule has 0 aliphatic heterocycles. The fraction of sp³-hybridized carbons (Fsp3) is 0.381. The van der Waals surface area contributed by atoms with E-state index in [-0.39, 0.29) is 16.8 Å². The first-order chi connectivity index (χ1) is 14.6. The number of benzene rings is 2. The van der Waals surface area contributed by atoms with Gasteiger partial charge in [0.15, 0.2) is 6.61 Å². The molecule has 0 fully saturated rings. The first-order valence-corrected chi connectivity index (χ1v) is 10.7. The zero-order chi connectivity index (χ0) is 23.0. The molecule has 0 saturated carbocycles. The standard InChI is InChI=1S/C21H23BrClF3N2O3/c1-3-28(4-2)9-10-30-19-8-6-15(12-17(19)23)27-20(29)13-31-18-7-5-14(11-16(18)22)21(24,25)26/h5-8,11-12H,3-4,9-10,13H2,1-2H3,(H,27,29). The number of nitrogens with one attached hydrogen (secondary N) is 1. The van der Waals surface area contributed by atoms with E-state index in [0.717, 1.165) is 37.8 Å². The zero-order valence-corrected chi connectivity index (χ0v) is 19.4. The fourth-order valence-electron chi connectivity index (χ4n) is 2.65. The zero-order valence-electron chi connectivity index (χ0n) is 17.1. The molecule has 1 amide bonds. The summed E-state index contributed by atoms with van der Waals surface area (Å²) in [6.07, 6.45) is -4.46. The minimum atomic E-state index is -4.46. The van der Waals surface area contributed by atoms with Crippen molar-refractivity contribution in [1.82, 2.24) is 4.90 Å². The van der Waals surface area contributed by atoms with Gasteiger partial charge in [-0.3, -0.25) is 4.79 Å². The number of ether oxygens (including phenoxy) is 2. The van der Waals surface area contributed by atoms with E-state index in [9.17, 15) is 18.0 Å². The van der Waals surface area contributed by atoms with Gasteiger partial charge in [0, 0.05) is 12.2 Å². The first kappa shape index (κ1) is 25.3. The highest BCUT2D eigenvalue weighted by Gasteiger charge is 2.31. The van der Waals surface area contributed by atoms with Crippen LogP contribution in [0, 0.1) is 0 Å². The second kappa shape index (κ2) is 11.6. The van der Waals surface area contributed by atoms with Crippen LogP contribution in [-0.2, 0) is 11.0 Å². The summed E-state index contributed by atoms with van der Waals surface area (Å²) in [5, 5.41) is 2.97. The third-order valence-electron chi connectivity index (χ3n) is 4.39. The second-order valence-electron chi connectivity index (χ2n) is 6.50. The summed E-state index contributed by atoms with van der Waals surface area (Å²) in [5.41, 5.74) is -0.369. The Kier molecular flexibility index (Phi) is 9.46. The lowest BCUT2D eigenvalue weighted by Crippen LogP contribution is -2.27. The molecular formula is C21H23BrClF3N2O3. The summed E-state index contributed by atoms with van der Waals surface area (Å²) in [4.78, 5) is 14.3. The van der Waals surface area contributed by atoms with Crippen LogP contribution in [0.1, 0.15) is 19.4 Å². The maximum Gasteiger partial charge on any atom is 0.416 e. The Hall–Kier alpha value is -1.97. The third-order valence-corrected chi connectivity index (χ3v) is 5.31. The van der Waals surface area contributed by atoms with Gasteiger partial charge in [0.2, 0.25) is 0 Å². The predicted octanol–water partition coefficient (Wildman–Crippen LogP) is 5.86. The van der Waals surface area contributed by atoms with Gasteiger partial charge in [-0.15, -0.1) is 0 Å². The van der Waals surface area contributed by atoms with Gasteiger partial charge in [-0.1, -0.05) is 25.4 Å². The minimum absolute atomic E-state index is 0.101. The Morgan fingerprint density at radius 3 is 2.35 bits per heavy atom. The average Bonchev–Trinajstić information content (AvgIpc) is 2.71. The highest BCUT2D eigenvalue weighted by atomic mass is 79.9. The minimum Gasteiger partial charge on any atom is -0.491 e. The van der Waals surface area contributed by atoms with Crippen LogP contribution in [-0.4, -0.2) is 43.7 Å². The number of halogens is 5. The molecule has 0 bridgehead atoms. The Labute approximate surface area is 192 Å². The Morgan fingerprint density at radius 1 is 1.10 bits per heavy atom. The summed E-state index contributed by atoms with van der Waals surface area (Å²) in [7, 11) is 0. The van der Waals surface area contributed by atoms with Crippen LogP contribution in [0.2, 0.25) is 5.02 Å². The van der Waals surface area contributed by atoms with E-state index in [1.165, 1.54) is 0 Å². The molecule has 0 aliphatic carbocycles. The quantitative estimate of drug-likeness (QED) is 0.424. The lowest BCUT2D eigenvalue weighted by molar-refractivity contribution is -0.137. The molecule has 2 aromatic carbocycles. The van der Waals surface area contributed by atoms with Crippen molar-refractivity contribution < 1.29 is 27.4 Å². The molecule has 0 unspecified atom stereocenters. The van der Waals surface area contributed by atoms with Crippen molar-refractivity contribution in [2.75, 3.05) is 38.2 Å². The van der Waals surface area contributed by atoms with Crippen LogP contribution in [0.3, 0.4) is 0 Å². The second-order valence-corrected chi connectivity index (χ2v) is 7.76. The molecule has 170 valence electrons. The molecular weight excluding hydrogens is 501 g/mol. The van der Waals surface area contributed by atoms with Crippen LogP contribution in [0.15, 0.2) is 40.9 Å². The SMILES string of the molecule is CCN(CC)CCOc1ccc(NC(=O)COc2ccc(C(F)(F)F)cc2Br)cc1Cl. The Bertz CT molecular complexity index is 893. The van der Waals surface area contributed by atoms with Crippen molar-refractivity contribution in [3.63, 3.8) is 0 Å². The highest BCUT2D eigenvalue weighted by Crippen LogP contribution is 2.35. The number of rotatable bonds is 10. The maximum absolute atomic E-state index is 12.7. The molecule has 0 aliphatic rings. The summed E-state index contributed by atoms with van der Waals surface area (Å²) in [5.74, 6) is 0.146. The summed E-state index contributed by atoms with van der Waals surface area (Å²) in [6.45, 7) is 6.90. The predicted molar refractivity (Wildman–Crippen MR) is 118 cm³/mol. The number of carbonyl (C=O) groups excluding carboxylic acids is 1. The van der Waals surface area contributed by atoms with Gasteiger partial charge >= 0.3 is 6.18 Å². The highest BCUT2D eigenvalue weighted by molar-refractivity contribution is 9.10. The van der Waals surface area contributed by atoms with Gasteiger partial charge in [-0.25, -0.2) is 0 Å². The smallest absolute Gasteiger partial charge is 0.416 e. The number of anilines is 1. The van der Waals surface area contributed by atoms with E-state index in [2.05, 4.69) is 40.0 Å². The number of amides is 1. The number of alkyl halides is 3. The van der Waals surface area contributed by atoms with E-state index in [0.29, 0.717) is 23.1 Å². The van der Waals surface area contributed by atoms with Crippen molar-refractivity contribution in [2.45, 2.75) is 20.0 Å². The van der Waals surface area contributed by atoms with E-state index in [4.69, 9.17) is 21.1 Å². The molecule has 31 heavy (non-hydrogen) atoms. The average molecular weight is 524 g/mol.